The predicted octanol–water partition coefficient (Wildman–Crippen LogP) is 4.82. The third-order valence-corrected chi connectivity index (χ3v) is 3.62. The van der Waals surface area contributed by atoms with Crippen molar-refractivity contribution >= 4 is 24.0 Å². The van der Waals surface area contributed by atoms with Crippen molar-refractivity contribution < 1.29 is 27.0 Å². The van der Waals surface area contributed by atoms with Crippen LogP contribution in [0.1, 0.15) is 0 Å². The van der Waals surface area contributed by atoms with Crippen LogP contribution in [0, 0.1) is 5.82 Å². The Morgan fingerprint density at radius 1 is 1.00 bits per heavy atom. The van der Waals surface area contributed by atoms with E-state index in [2.05, 4.69) is 10.1 Å². The summed E-state index contributed by atoms with van der Waals surface area (Å²) >= 11 is 5.79. The van der Waals surface area contributed by atoms with Gasteiger partial charge in [-0.05, 0) is 41.5 Å². The van der Waals surface area contributed by atoms with Gasteiger partial charge in [0, 0.05) is 18.1 Å². The summed E-state index contributed by atoms with van der Waals surface area (Å²) in [5, 5.41) is 3.10. The molecule has 25 heavy (non-hydrogen) atoms. The number of rotatable bonds is 4. The quantitative estimate of drug-likeness (QED) is 0.750. The van der Waals surface area contributed by atoms with Crippen LogP contribution in [-0.2, 0) is 0 Å². The number of hydrogen-bond donors (Lipinski definition) is 1. The van der Waals surface area contributed by atoms with Gasteiger partial charge in [0.05, 0.1) is 0 Å². The molecule has 0 amide bonds. The first-order valence-corrected chi connectivity index (χ1v) is 7.41. The van der Waals surface area contributed by atoms with E-state index in [4.69, 9.17) is 16.3 Å². The van der Waals surface area contributed by atoms with E-state index in [1.807, 2.05) is 0 Å². The highest BCUT2D eigenvalue weighted by molar-refractivity contribution is 6.30. The summed E-state index contributed by atoms with van der Waals surface area (Å²) in [5.41, 5.74) is 0.665. The lowest BCUT2D eigenvalue weighted by molar-refractivity contribution is -0.275. The summed E-state index contributed by atoms with van der Waals surface area (Å²) in [6.45, 7) is 1.10. The molecule has 0 aromatic heterocycles. The Balaban J connectivity index is 0.00000225. The minimum atomic E-state index is -4.87. The van der Waals surface area contributed by atoms with Crippen LogP contribution in [0.4, 0.5) is 17.6 Å². The van der Waals surface area contributed by atoms with E-state index in [9.17, 15) is 17.6 Å². The Bertz CT molecular complexity index is 731. The van der Waals surface area contributed by atoms with Crippen molar-refractivity contribution in [1.29, 1.82) is 0 Å². The van der Waals surface area contributed by atoms with Crippen molar-refractivity contribution in [2.45, 2.75) is 12.5 Å². The van der Waals surface area contributed by atoms with Crippen molar-refractivity contribution in [3.63, 3.8) is 0 Å². The molecule has 0 radical (unpaired) electrons. The molecule has 1 aliphatic rings. The van der Waals surface area contributed by atoms with E-state index in [1.165, 1.54) is 24.3 Å². The molecule has 0 spiro atoms. The monoisotopic (exact) mass is 397 g/mol. The van der Waals surface area contributed by atoms with Crippen molar-refractivity contribution in [3.05, 3.63) is 47.2 Å². The Labute approximate surface area is 152 Å². The largest absolute Gasteiger partial charge is 0.573 e. The van der Waals surface area contributed by atoms with Crippen LogP contribution < -0.4 is 14.8 Å². The number of ether oxygens (including phenoxy) is 2. The highest BCUT2D eigenvalue weighted by Crippen LogP contribution is 2.37. The smallest absolute Gasteiger partial charge is 0.484 e. The summed E-state index contributed by atoms with van der Waals surface area (Å²) in [5.74, 6) is -1.09. The zero-order chi connectivity index (χ0) is 17.3. The highest BCUT2D eigenvalue weighted by atomic mass is 35.5. The molecule has 1 heterocycles. The first-order chi connectivity index (χ1) is 11.3. The molecule has 3 nitrogen and oxygen atoms in total. The van der Waals surface area contributed by atoms with Crippen LogP contribution in [0.5, 0.6) is 11.5 Å². The van der Waals surface area contributed by atoms with E-state index >= 15 is 0 Å². The summed E-state index contributed by atoms with van der Waals surface area (Å²) in [6.07, 6.45) is -5.08. The van der Waals surface area contributed by atoms with Gasteiger partial charge >= 0.3 is 6.36 Å². The van der Waals surface area contributed by atoms with Gasteiger partial charge in [-0.1, -0.05) is 17.7 Å². The minimum absolute atomic E-state index is 0. The summed E-state index contributed by atoms with van der Waals surface area (Å²) in [7, 11) is 0. The fourth-order valence-electron chi connectivity index (χ4n) is 2.24. The Kier molecular flexibility index (Phi) is 6.03. The van der Waals surface area contributed by atoms with Gasteiger partial charge in [-0.15, -0.1) is 25.6 Å². The predicted molar refractivity (Wildman–Crippen MR) is 88.1 cm³/mol. The van der Waals surface area contributed by atoms with Gasteiger partial charge in [0.15, 0.2) is 11.5 Å². The summed E-state index contributed by atoms with van der Waals surface area (Å²) < 4.78 is 60.9. The van der Waals surface area contributed by atoms with Crippen LogP contribution in [0.3, 0.4) is 0 Å². The van der Waals surface area contributed by atoms with Crippen LogP contribution in [-0.4, -0.2) is 25.6 Å². The second-order valence-corrected chi connectivity index (χ2v) is 5.70. The zero-order valence-electron chi connectivity index (χ0n) is 12.6. The molecule has 0 bridgehead atoms. The van der Waals surface area contributed by atoms with Crippen molar-refractivity contribution in [2.24, 2.45) is 0 Å². The van der Waals surface area contributed by atoms with Gasteiger partial charge in [-0.2, -0.15) is 0 Å². The minimum Gasteiger partial charge on any atom is -0.484 e. The van der Waals surface area contributed by atoms with Gasteiger partial charge in [0.1, 0.15) is 11.9 Å². The van der Waals surface area contributed by atoms with Gasteiger partial charge in [-0.25, -0.2) is 4.39 Å². The topological polar surface area (TPSA) is 30.5 Å². The van der Waals surface area contributed by atoms with Gasteiger partial charge < -0.3 is 14.8 Å². The fraction of sp³-hybridized carbons (Fsp3) is 0.250. The number of hydrogen-bond acceptors (Lipinski definition) is 3. The number of benzene rings is 2. The van der Waals surface area contributed by atoms with Crippen LogP contribution >= 0.6 is 24.0 Å². The first-order valence-electron chi connectivity index (χ1n) is 7.04. The molecule has 1 saturated heterocycles. The lowest BCUT2D eigenvalue weighted by Gasteiger charge is -2.28. The molecular formula is C16H13Cl2F4NO2. The molecule has 0 saturated carbocycles. The molecule has 2 aromatic carbocycles. The third kappa shape index (κ3) is 5.14. The second-order valence-electron chi connectivity index (χ2n) is 5.27. The normalized spacial score (nSPS) is 14.4. The van der Waals surface area contributed by atoms with Crippen LogP contribution in [0.15, 0.2) is 36.4 Å². The van der Waals surface area contributed by atoms with E-state index in [0.717, 1.165) is 12.1 Å². The first kappa shape index (κ1) is 19.6. The maximum Gasteiger partial charge on any atom is 0.573 e. The average Bonchev–Trinajstić information content (AvgIpc) is 2.41. The van der Waals surface area contributed by atoms with Gasteiger partial charge in [-0.3, -0.25) is 0 Å². The van der Waals surface area contributed by atoms with E-state index < -0.39 is 17.9 Å². The molecular weight excluding hydrogens is 385 g/mol. The van der Waals surface area contributed by atoms with Crippen molar-refractivity contribution in [2.75, 3.05) is 13.1 Å². The van der Waals surface area contributed by atoms with E-state index in [0.29, 0.717) is 24.2 Å². The standard InChI is InChI=1S/C16H12ClF4NO2.ClH/c17-11-3-10(4-12(18)6-11)9-1-2-14(23-13-7-22-8-13)15(5-9)24-16(19,20)21;/h1-6,13,22H,7-8H2;1H. The molecule has 136 valence electrons. The fourth-order valence-corrected chi connectivity index (χ4v) is 2.46. The van der Waals surface area contributed by atoms with Crippen molar-refractivity contribution in [3.8, 4) is 22.6 Å². The van der Waals surface area contributed by atoms with E-state index in [1.54, 1.807) is 0 Å². The van der Waals surface area contributed by atoms with Crippen LogP contribution in [0.25, 0.3) is 11.1 Å². The lowest BCUT2D eigenvalue weighted by atomic mass is 10.0. The number of nitrogens with one attached hydrogen (secondary N) is 1. The summed E-state index contributed by atoms with van der Waals surface area (Å²) in [6, 6.07) is 7.78. The highest BCUT2D eigenvalue weighted by Gasteiger charge is 2.33. The number of halogens is 6. The molecule has 9 heteroatoms. The molecule has 0 unspecified atom stereocenters. The van der Waals surface area contributed by atoms with Crippen molar-refractivity contribution in [1.82, 2.24) is 5.32 Å². The molecule has 0 atom stereocenters. The Morgan fingerprint density at radius 3 is 2.28 bits per heavy atom. The second kappa shape index (κ2) is 7.68. The molecule has 3 rings (SSSR count). The van der Waals surface area contributed by atoms with Gasteiger partial charge in [0.2, 0.25) is 0 Å². The van der Waals surface area contributed by atoms with Gasteiger partial charge in [0.25, 0.3) is 0 Å². The Hall–Kier alpha value is -1.70. The molecule has 1 N–H and O–H groups in total. The molecule has 1 fully saturated rings. The molecule has 0 aliphatic carbocycles. The van der Waals surface area contributed by atoms with Crippen LogP contribution in [0.2, 0.25) is 5.02 Å². The average molecular weight is 398 g/mol. The third-order valence-electron chi connectivity index (χ3n) is 3.40. The molecule has 2 aromatic rings. The lowest BCUT2D eigenvalue weighted by Crippen LogP contribution is -2.50. The maximum atomic E-state index is 13.5. The SMILES string of the molecule is Cl.Fc1cc(Cl)cc(-c2ccc(OC3CNC3)c(OC(F)(F)F)c2)c1. The maximum absolute atomic E-state index is 13.5. The summed E-state index contributed by atoms with van der Waals surface area (Å²) in [4.78, 5) is 0. The molecule has 1 aliphatic heterocycles. The number of alkyl halides is 3. The van der Waals surface area contributed by atoms with E-state index in [-0.39, 0.29) is 29.3 Å². The Morgan fingerprint density at radius 2 is 1.72 bits per heavy atom. The zero-order valence-corrected chi connectivity index (χ0v) is 14.1.